The Labute approximate surface area is 177 Å². The van der Waals surface area contributed by atoms with Crippen molar-refractivity contribution in [2.45, 2.75) is 25.3 Å². The quantitative estimate of drug-likeness (QED) is 0.588. The molecule has 0 aliphatic carbocycles. The Morgan fingerprint density at radius 3 is 2.70 bits per heavy atom. The zero-order chi connectivity index (χ0) is 21.3. The number of carbonyl (C=O) groups excluding carboxylic acids is 3. The molecule has 4 amide bonds. The van der Waals surface area contributed by atoms with Crippen LogP contribution in [-0.4, -0.2) is 60.3 Å². The van der Waals surface area contributed by atoms with Gasteiger partial charge in [0.15, 0.2) is 0 Å². The molecule has 0 atom stereocenters. The summed E-state index contributed by atoms with van der Waals surface area (Å²) in [7, 11) is 0. The molecule has 1 saturated heterocycles. The summed E-state index contributed by atoms with van der Waals surface area (Å²) in [5.74, 6) is 0.196. The van der Waals surface area contributed by atoms with E-state index in [0.29, 0.717) is 48.9 Å². The van der Waals surface area contributed by atoms with E-state index in [1.165, 1.54) is 11.3 Å². The highest BCUT2D eigenvalue weighted by Gasteiger charge is 2.46. The van der Waals surface area contributed by atoms with Gasteiger partial charge in [-0.2, -0.15) is 0 Å². The molecule has 30 heavy (non-hydrogen) atoms. The van der Waals surface area contributed by atoms with Crippen molar-refractivity contribution in [3.05, 3.63) is 29.8 Å². The molecule has 1 aromatic carbocycles. The highest BCUT2D eigenvalue weighted by atomic mass is 32.1. The summed E-state index contributed by atoms with van der Waals surface area (Å²) in [6.07, 6.45) is 0.879. The second-order valence-corrected chi connectivity index (χ2v) is 8.38. The topological polar surface area (TPSA) is 129 Å². The number of likely N-dealkylation sites (tertiary alicyclic amines) is 1. The third kappa shape index (κ3) is 3.52. The van der Waals surface area contributed by atoms with E-state index in [1.54, 1.807) is 4.90 Å². The van der Waals surface area contributed by atoms with E-state index < -0.39 is 5.54 Å². The Bertz CT molecular complexity index is 1040. The number of piperidine rings is 1. The number of thiophene rings is 1. The lowest BCUT2D eigenvalue weighted by atomic mass is 9.87. The molecular formula is C20H24N6O3S. The summed E-state index contributed by atoms with van der Waals surface area (Å²) >= 11 is 1.37. The summed E-state index contributed by atoms with van der Waals surface area (Å²) in [4.78, 5) is 44.2. The van der Waals surface area contributed by atoms with Crippen molar-refractivity contribution >= 4 is 50.1 Å². The molecule has 2 aliphatic rings. The summed E-state index contributed by atoms with van der Waals surface area (Å²) < 4.78 is 0.925. The Morgan fingerprint density at radius 1 is 1.30 bits per heavy atom. The average Bonchev–Trinajstić information content (AvgIpc) is 3.25. The minimum absolute atomic E-state index is 0.144. The predicted molar refractivity (Wildman–Crippen MR) is 117 cm³/mol. The van der Waals surface area contributed by atoms with Gasteiger partial charge in [-0.25, -0.2) is 4.79 Å². The maximum atomic E-state index is 13.4. The van der Waals surface area contributed by atoms with Crippen molar-refractivity contribution in [2.75, 3.05) is 31.5 Å². The van der Waals surface area contributed by atoms with Crippen LogP contribution in [0.15, 0.2) is 29.3 Å². The van der Waals surface area contributed by atoms with Crippen molar-refractivity contribution in [2.24, 2.45) is 10.7 Å². The Kier molecular flexibility index (Phi) is 5.44. The number of amidine groups is 1. The van der Waals surface area contributed by atoms with Gasteiger partial charge in [-0.15, -0.1) is 11.3 Å². The van der Waals surface area contributed by atoms with Crippen LogP contribution in [0.4, 0.5) is 9.80 Å². The third-order valence-electron chi connectivity index (χ3n) is 5.47. The second-order valence-electron chi connectivity index (χ2n) is 7.33. The van der Waals surface area contributed by atoms with Gasteiger partial charge in [-0.3, -0.25) is 19.9 Å². The molecule has 9 nitrogen and oxygen atoms in total. The van der Waals surface area contributed by atoms with Gasteiger partial charge in [-0.1, -0.05) is 18.2 Å². The number of urea groups is 1. The van der Waals surface area contributed by atoms with Crippen LogP contribution in [0.1, 0.15) is 30.1 Å². The van der Waals surface area contributed by atoms with Gasteiger partial charge in [0, 0.05) is 29.7 Å². The molecule has 0 saturated carbocycles. The van der Waals surface area contributed by atoms with E-state index in [9.17, 15) is 14.4 Å². The van der Waals surface area contributed by atoms with Crippen molar-refractivity contribution in [3.63, 3.8) is 0 Å². The van der Waals surface area contributed by atoms with Gasteiger partial charge in [-0.05, 0) is 25.8 Å². The number of carbonyl (C=O) groups is 3. The molecule has 2 aromatic rings. The molecule has 158 valence electrons. The summed E-state index contributed by atoms with van der Waals surface area (Å²) in [6, 6.07) is 7.24. The van der Waals surface area contributed by atoms with Gasteiger partial charge >= 0.3 is 6.03 Å². The van der Waals surface area contributed by atoms with Crippen LogP contribution in [0, 0.1) is 0 Å². The number of nitrogens with one attached hydrogen (secondary N) is 3. The highest BCUT2D eigenvalue weighted by Crippen LogP contribution is 2.38. The zero-order valence-electron chi connectivity index (χ0n) is 16.7. The van der Waals surface area contributed by atoms with Crippen molar-refractivity contribution in [1.29, 1.82) is 0 Å². The molecule has 5 N–H and O–H groups in total. The number of nitrogens with two attached hydrogens (primary N) is 1. The summed E-state index contributed by atoms with van der Waals surface area (Å²) in [6.45, 7) is 3.31. The molecular weight excluding hydrogens is 404 g/mol. The first-order chi connectivity index (χ1) is 14.5. The maximum Gasteiger partial charge on any atom is 0.319 e. The molecule has 1 fully saturated rings. The smallest absolute Gasteiger partial charge is 0.319 e. The Morgan fingerprint density at radius 2 is 2.03 bits per heavy atom. The standard InChI is InChI=1S/C20H24N6O3S/c1-2-22-19(29)24-16-15(12-5-3-4-6-13(12)30-16)17(27)26-9-7-20(8-10-26)18(28)23-14(11-21)25-20/h3-6H,2,7-11,21H2,1H3,(H2,22,24,29)(H,23,25,28). The fraction of sp³-hybridized carbons (Fsp3) is 0.400. The molecule has 0 unspecified atom stereocenters. The minimum atomic E-state index is -0.829. The first kappa shape index (κ1) is 20.3. The van der Waals surface area contributed by atoms with Crippen LogP contribution in [0.25, 0.3) is 10.1 Å². The second kappa shape index (κ2) is 8.04. The molecule has 10 heteroatoms. The molecule has 2 aliphatic heterocycles. The Balaban J connectivity index is 1.59. The van der Waals surface area contributed by atoms with Gasteiger partial charge in [0.2, 0.25) is 0 Å². The van der Waals surface area contributed by atoms with E-state index >= 15 is 0 Å². The van der Waals surface area contributed by atoms with Crippen LogP contribution in [0.3, 0.4) is 0 Å². The minimum Gasteiger partial charge on any atom is -0.338 e. The fourth-order valence-electron chi connectivity index (χ4n) is 3.91. The van der Waals surface area contributed by atoms with Gasteiger partial charge in [0.25, 0.3) is 11.8 Å². The number of hydrogen-bond acceptors (Lipinski definition) is 6. The van der Waals surface area contributed by atoms with Crippen LogP contribution >= 0.6 is 11.3 Å². The number of hydrogen-bond donors (Lipinski definition) is 4. The van der Waals surface area contributed by atoms with Crippen molar-refractivity contribution in [3.8, 4) is 0 Å². The van der Waals surface area contributed by atoms with Crippen LogP contribution in [-0.2, 0) is 4.79 Å². The largest absolute Gasteiger partial charge is 0.338 e. The van der Waals surface area contributed by atoms with Crippen molar-refractivity contribution in [1.82, 2.24) is 15.5 Å². The monoisotopic (exact) mass is 428 g/mol. The summed E-state index contributed by atoms with van der Waals surface area (Å²) in [5.41, 5.74) is 5.26. The lowest BCUT2D eigenvalue weighted by molar-refractivity contribution is -0.125. The van der Waals surface area contributed by atoms with E-state index in [0.717, 1.165) is 10.1 Å². The average molecular weight is 429 g/mol. The third-order valence-corrected chi connectivity index (χ3v) is 6.56. The lowest BCUT2D eigenvalue weighted by Gasteiger charge is -2.35. The van der Waals surface area contributed by atoms with E-state index in [2.05, 4.69) is 20.9 Å². The number of rotatable bonds is 4. The first-order valence-electron chi connectivity index (χ1n) is 9.93. The number of aliphatic imine (C=N–C) groups is 1. The molecule has 0 radical (unpaired) electrons. The molecule has 1 aromatic heterocycles. The highest BCUT2D eigenvalue weighted by molar-refractivity contribution is 7.23. The first-order valence-corrected chi connectivity index (χ1v) is 10.7. The lowest BCUT2D eigenvalue weighted by Crippen LogP contribution is -2.50. The van der Waals surface area contributed by atoms with Crippen LogP contribution in [0.5, 0.6) is 0 Å². The molecule has 1 spiro atoms. The van der Waals surface area contributed by atoms with E-state index in [4.69, 9.17) is 5.73 Å². The van der Waals surface area contributed by atoms with Gasteiger partial charge < -0.3 is 21.3 Å². The molecule has 0 bridgehead atoms. The number of nitrogens with zero attached hydrogens (tertiary/aromatic N) is 2. The van der Waals surface area contributed by atoms with E-state index in [-0.39, 0.29) is 24.4 Å². The SMILES string of the molecule is CCNC(=O)Nc1sc2ccccc2c1C(=O)N1CCC2(CC1)N=C(CN)NC2=O. The zero-order valence-corrected chi connectivity index (χ0v) is 17.5. The molecule has 4 rings (SSSR count). The van der Waals surface area contributed by atoms with Gasteiger partial charge in [0.05, 0.1) is 12.1 Å². The Hall–Kier alpha value is -2.98. The van der Waals surface area contributed by atoms with Gasteiger partial charge in [0.1, 0.15) is 16.4 Å². The predicted octanol–water partition coefficient (Wildman–Crippen LogP) is 1.50. The van der Waals surface area contributed by atoms with Crippen molar-refractivity contribution < 1.29 is 14.4 Å². The number of benzene rings is 1. The number of anilines is 1. The van der Waals surface area contributed by atoms with Crippen LogP contribution < -0.4 is 21.7 Å². The number of amides is 4. The molecule has 3 heterocycles. The van der Waals surface area contributed by atoms with Crippen LogP contribution in [0.2, 0.25) is 0 Å². The fourth-order valence-corrected chi connectivity index (χ4v) is 5.00. The normalized spacial score (nSPS) is 17.7. The van der Waals surface area contributed by atoms with E-state index in [1.807, 2.05) is 31.2 Å². The number of fused-ring (bicyclic) bond motifs is 1. The summed E-state index contributed by atoms with van der Waals surface area (Å²) in [5, 5.41) is 9.57. The maximum absolute atomic E-state index is 13.4.